The Morgan fingerprint density at radius 3 is 2.79 bits per heavy atom. The molecule has 78 valence electrons. The smallest absolute Gasteiger partial charge is 0.0947 e. The number of rotatable bonds is 4. The molecule has 1 unspecified atom stereocenters. The molecule has 0 aliphatic carbocycles. The topological polar surface area (TPSA) is 29.9 Å². The molecule has 1 aromatic heterocycles. The summed E-state index contributed by atoms with van der Waals surface area (Å²) in [6.45, 7) is 7.26. The Bertz CT molecular complexity index is 308. The van der Waals surface area contributed by atoms with Crippen LogP contribution in [0.3, 0.4) is 0 Å². The Labute approximate surface area is 85.8 Å². The maximum atomic E-state index is 4.34. The van der Waals surface area contributed by atoms with E-state index in [1.54, 1.807) is 0 Å². The molecule has 1 rings (SSSR count). The number of aromatic nitrogens is 2. The van der Waals surface area contributed by atoms with Gasteiger partial charge in [0.2, 0.25) is 0 Å². The highest BCUT2D eigenvalue weighted by Gasteiger charge is 2.08. The second-order valence-corrected chi connectivity index (χ2v) is 3.74. The molecule has 0 aromatic carbocycles. The van der Waals surface area contributed by atoms with Crippen LogP contribution in [-0.2, 0) is 7.05 Å². The molecule has 0 saturated heterocycles. The molecular weight excluding hydrogens is 174 g/mol. The summed E-state index contributed by atoms with van der Waals surface area (Å²) in [5.74, 6) is 0. The van der Waals surface area contributed by atoms with Crippen molar-refractivity contribution in [1.82, 2.24) is 14.9 Å². The third kappa shape index (κ3) is 3.00. The van der Waals surface area contributed by atoms with Crippen molar-refractivity contribution in [3.05, 3.63) is 29.9 Å². The maximum absolute atomic E-state index is 4.34. The molecule has 0 amide bonds. The largest absolute Gasteiger partial charge is 0.340 e. The highest BCUT2D eigenvalue weighted by Crippen LogP contribution is 2.13. The Kier molecular flexibility index (Phi) is 3.89. The van der Waals surface area contributed by atoms with Crippen molar-refractivity contribution in [3.8, 4) is 0 Å². The van der Waals surface area contributed by atoms with Crippen molar-refractivity contribution in [3.63, 3.8) is 0 Å². The molecule has 3 nitrogen and oxygen atoms in total. The number of aryl methyl sites for hydroxylation is 1. The molecule has 1 aromatic rings. The van der Waals surface area contributed by atoms with Gasteiger partial charge in [0, 0.05) is 13.2 Å². The minimum Gasteiger partial charge on any atom is -0.340 e. The molecule has 0 bridgehead atoms. The second kappa shape index (κ2) is 4.96. The lowest BCUT2D eigenvalue weighted by molar-refractivity contribution is 0.631. The summed E-state index contributed by atoms with van der Waals surface area (Å²) in [6.07, 6.45) is 6.08. The van der Waals surface area contributed by atoms with Gasteiger partial charge >= 0.3 is 0 Å². The van der Waals surface area contributed by atoms with Crippen LogP contribution < -0.4 is 5.32 Å². The van der Waals surface area contributed by atoms with Gasteiger partial charge in [-0.15, -0.1) is 0 Å². The van der Waals surface area contributed by atoms with E-state index in [-0.39, 0.29) is 6.04 Å². The van der Waals surface area contributed by atoms with Crippen LogP contribution in [0.5, 0.6) is 0 Å². The standard InChI is InChI=1S/C11H19N3/c1-5-12-10(6-9(2)3)11-7-14(4)8-13-11/h6-8,10,12H,5H2,1-4H3. The molecule has 0 saturated carbocycles. The van der Waals surface area contributed by atoms with E-state index in [9.17, 15) is 0 Å². The number of allylic oxidation sites excluding steroid dienone is 1. The molecule has 14 heavy (non-hydrogen) atoms. The van der Waals surface area contributed by atoms with E-state index in [4.69, 9.17) is 0 Å². The fourth-order valence-electron chi connectivity index (χ4n) is 1.40. The predicted octanol–water partition coefficient (Wildman–Crippen LogP) is 2.04. The van der Waals surface area contributed by atoms with E-state index in [1.165, 1.54) is 5.57 Å². The lowest BCUT2D eigenvalue weighted by Crippen LogP contribution is -2.19. The first-order valence-electron chi connectivity index (χ1n) is 4.99. The summed E-state index contributed by atoms with van der Waals surface area (Å²) >= 11 is 0. The molecule has 0 spiro atoms. The van der Waals surface area contributed by atoms with Crippen molar-refractivity contribution in [2.24, 2.45) is 7.05 Å². The van der Waals surface area contributed by atoms with E-state index in [0.29, 0.717) is 0 Å². The van der Waals surface area contributed by atoms with Crippen LogP contribution in [0.1, 0.15) is 32.5 Å². The maximum Gasteiger partial charge on any atom is 0.0947 e. The van der Waals surface area contributed by atoms with Gasteiger partial charge in [-0.1, -0.05) is 18.6 Å². The molecule has 0 radical (unpaired) electrons. The predicted molar refractivity (Wildman–Crippen MR) is 59.1 cm³/mol. The minimum atomic E-state index is 0.242. The van der Waals surface area contributed by atoms with Crippen molar-refractivity contribution < 1.29 is 0 Å². The lowest BCUT2D eigenvalue weighted by atomic mass is 10.1. The summed E-state index contributed by atoms with van der Waals surface area (Å²) in [5.41, 5.74) is 2.39. The first-order chi connectivity index (χ1) is 6.63. The van der Waals surface area contributed by atoms with E-state index in [1.807, 2.05) is 24.1 Å². The highest BCUT2D eigenvalue weighted by atomic mass is 15.0. The monoisotopic (exact) mass is 193 g/mol. The number of nitrogens with one attached hydrogen (secondary N) is 1. The number of imidazole rings is 1. The SMILES string of the molecule is CCNC(C=C(C)C)c1cn(C)cn1. The minimum absolute atomic E-state index is 0.242. The molecule has 1 atom stereocenters. The van der Waals surface area contributed by atoms with Crippen molar-refractivity contribution in [1.29, 1.82) is 0 Å². The number of nitrogens with zero attached hydrogens (tertiary/aromatic N) is 2. The molecule has 0 aliphatic heterocycles. The normalized spacial score (nSPS) is 12.6. The van der Waals surface area contributed by atoms with E-state index in [2.05, 4.69) is 37.1 Å². The van der Waals surface area contributed by atoms with Gasteiger partial charge in [0.1, 0.15) is 0 Å². The van der Waals surface area contributed by atoms with Gasteiger partial charge < -0.3 is 9.88 Å². The Balaban J connectivity index is 2.82. The van der Waals surface area contributed by atoms with Gasteiger partial charge in [0.05, 0.1) is 18.1 Å². The average molecular weight is 193 g/mol. The molecular formula is C11H19N3. The fraction of sp³-hybridized carbons (Fsp3) is 0.545. The van der Waals surface area contributed by atoms with Crippen molar-refractivity contribution in [2.75, 3.05) is 6.54 Å². The lowest BCUT2D eigenvalue weighted by Gasteiger charge is -2.11. The van der Waals surface area contributed by atoms with Crippen LogP contribution in [0.15, 0.2) is 24.2 Å². The molecule has 0 fully saturated rings. The van der Waals surface area contributed by atoms with Crippen LogP contribution in [0, 0.1) is 0 Å². The van der Waals surface area contributed by atoms with Crippen molar-refractivity contribution >= 4 is 0 Å². The summed E-state index contributed by atoms with van der Waals surface area (Å²) in [4.78, 5) is 4.34. The van der Waals surface area contributed by atoms with Crippen LogP contribution >= 0.6 is 0 Å². The van der Waals surface area contributed by atoms with Gasteiger partial charge in [-0.05, 0) is 20.4 Å². The first kappa shape index (κ1) is 11.0. The summed E-state index contributed by atoms with van der Waals surface area (Å²) in [7, 11) is 1.99. The fourth-order valence-corrected chi connectivity index (χ4v) is 1.40. The van der Waals surface area contributed by atoms with Gasteiger partial charge in [0.15, 0.2) is 0 Å². The zero-order chi connectivity index (χ0) is 10.6. The summed E-state index contributed by atoms with van der Waals surface area (Å²) in [5, 5.41) is 3.39. The third-order valence-corrected chi connectivity index (χ3v) is 1.97. The van der Waals surface area contributed by atoms with E-state index >= 15 is 0 Å². The Morgan fingerprint density at radius 2 is 2.36 bits per heavy atom. The molecule has 1 N–H and O–H groups in total. The van der Waals surface area contributed by atoms with E-state index < -0.39 is 0 Å². The molecule has 3 heteroatoms. The van der Waals surface area contributed by atoms with Crippen LogP contribution in [0.25, 0.3) is 0 Å². The van der Waals surface area contributed by atoms with Crippen LogP contribution in [0.4, 0.5) is 0 Å². The highest BCUT2D eigenvalue weighted by molar-refractivity contribution is 5.14. The zero-order valence-corrected chi connectivity index (χ0v) is 9.41. The zero-order valence-electron chi connectivity index (χ0n) is 9.41. The van der Waals surface area contributed by atoms with Crippen molar-refractivity contribution in [2.45, 2.75) is 26.8 Å². The Hall–Kier alpha value is -1.09. The number of likely N-dealkylation sites (N-methyl/N-ethyl adjacent to an activating group) is 1. The van der Waals surface area contributed by atoms with Gasteiger partial charge in [-0.3, -0.25) is 0 Å². The van der Waals surface area contributed by atoms with Crippen LogP contribution in [0.2, 0.25) is 0 Å². The van der Waals surface area contributed by atoms with Gasteiger partial charge in [-0.25, -0.2) is 4.98 Å². The Morgan fingerprint density at radius 1 is 1.64 bits per heavy atom. The molecule has 1 heterocycles. The number of hydrogen-bond acceptors (Lipinski definition) is 2. The second-order valence-electron chi connectivity index (χ2n) is 3.74. The average Bonchev–Trinajstić information content (AvgIpc) is 2.50. The third-order valence-electron chi connectivity index (χ3n) is 1.97. The van der Waals surface area contributed by atoms with Crippen LogP contribution in [-0.4, -0.2) is 16.1 Å². The van der Waals surface area contributed by atoms with Gasteiger partial charge in [0.25, 0.3) is 0 Å². The summed E-state index contributed by atoms with van der Waals surface area (Å²) < 4.78 is 1.97. The first-order valence-corrected chi connectivity index (χ1v) is 4.99. The van der Waals surface area contributed by atoms with Gasteiger partial charge in [-0.2, -0.15) is 0 Å². The quantitative estimate of drug-likeness (QED) is 0.742. The van der Waals surface area contributed by atoms with E-state index in [0.717, 1.165) is 12.2 Å². The number of hydrogen-bond donors (Lipinski definition) is 1. The molecule has 0 aliphatic rings. The summed E-state index contributed by atoms with van der Waals surface area (Å²) in [6, 6.07) is 0.242.